The van der Waals surface area contributed by atoms with Gasteiger partial charge in [0, 0.05) is 6.54 Å². The Morgan fingerprint density at radius 2 is 2.38 bits per heavy atom. The van der Waals surface area contributed by atoms with Gasteiger partial charge < -0.3 is 9.73 Å². The number of rotatable bonds is 4. The molecule has 0 saturated carbocycles. The number of carbonyl (C=O) groups is 2. The van der Waals surface area contributed by atoms with Crippen LogP contribution in [0.5, 0.6) is 0 Å². The van der Waals surface area contributed by atoms with E-state index in [0.29, 0.717) is 13.0 Å². The third-order valence-electron chi connectivity index (χ3n) is 2.22. The van der Waals surface area contributed by atoms with Crippen molar-refractivity contribution in [3.05, 3.63) is 30.2 Å². The number of aldehydes is 1. The van der Waals surface area contributed by atoms with Crippen LogP contribution >= 0.6 is 0 Å². The number of benzene rings is 1. The predicted molar refractivity (Wildman–Crippen MR) is 56.8 cm³/mol. The molecule has 1 aromatic heterocycles. The summed E-state index contributed by atoms with van der Waals surface area (Å²) in [6, 6.07) is 5.64. The van der Waals surface area contributed by atoms with Crippen LogP contribution in [-0.4, -0.2) is 23.7 Å². The first-order valence-corrected chi connectivity index (χ1v) is 4.85. The zero-order chi connectivity index (χ0) is 11.4. The molecule has 0 aliphatic carbocycles. The largest absolute Gasteiger partial charge is 0.443 e. The van der Waals surface area contributed by atoms with E-state index in [0.717, 1.165) is 16.7 Å². The molecule has 5 nitrogen and oxygen atoms in total. The highest BCUT2D eigenvalue weighted by Gasteiger charge is 2.01. The van der Waals surface area contributed by atoms with E-state index in [1.807, 2.05) is 18.2 Å². The second-order valence-electron chi connectivity index (χ2n) is 3.31. The summed E-state index contributed by atoms with van der Waals surface area (Å²) in [6.07, 6.45) is 2.30. The van der Waals surface area contributed by atoms with E-state index in [9.17, 15) is 9.59 Å². The van der Waals surface area contributed by atoms with E-state index < -0.39 is 5.91 Å². The van der Waals surface area contributed by atoms with Gasteiger partial charge >= 0.3 is 0 Å². The number of hydrogen-bond acceptors (Lipinski definition) is 4. The van der Waals surface area contributed by atoms with Gasteiger partial charge in [0.15, 0.2) is 12.0 Å². The van der Waals surface area contributed by atoms with Crippen LogP contribution in [0.4, 0.5) is 0 Å². The number of nitrogens with zero attached hydrogens (tertiary/aromatic N) is 1. The molecular weight excluding hydrogens is 208 g/mol. The highest BCUT2D eigenvalue weighted by molar-refractivity contribution is 6.23. The van der Waals surface area contributed by atoms with E-state index in [4.69, 9.17) is 4.42 Å². The first-order valence-electron chi connectivity index (χ1n) is 4.85. The molecule has 0 spiro atoms. The summed E-state index contributed by atoms with van der Waals surface area (Å²) >= 11 is 0. The van der Waals surface area contributed by atoms with Gasteiger partial charge in [0.2, 0.25) is 6.29 Å². The van der Waals surface area contributed by atoms with Crippen molar-refractivity contribution in [3.63, 3.8) is 0 Å². The first kappa shape index (κ1) is 10.4. The van der Waals surface area contributed by atoms with Crippen LogP contribution in [-0.2, 0) is 16.0 Å². The molecule has 82 valence electrons. The Bertz CT molecular complexity index is 519. The van der Waals surface area contributed by atoms with Crippen molar-refractivity contribution in [2.45, 2.75) is 6.42 Å². The first-order chi connectivity index (χ1) is 7.79. The molecule has 0 fully saturated rings. The number of aromatic nitrogens is 1. The average Bonchev–Trinajstić information content (AvgIpc) is 2.76. The van der Waals surface area contributed by atoms with Crippen LogP contribution in [0.15, 0.2) is 29.0 Å². The number of oxazole rings is 1. The van der Waals surface area contributed by atoms with Gasteiger partial charge in [0.05, 0.1) is 0 Å². The van der Waals surface area contributed by atoms with Crippen molar-refractivity contribution < 1.29 is 14.0 Å². The molecule has 2 rings (SSSR count). The zero-order valence-corrected chi connectivity index (χ0v) is 8.47. The molecule has 0 aliphatic rings. The Morgan fingerprint density at radius 3 is 3.19 bits per heavy atom. The zero-order valence-electron chi connectivity index (χ0n) is 8.47. The van der Waals surface area contributed by atoms with Crippen molar-refractivity contribution in [2.24, 2.45) is 0 Å². The van der Waals surface area contributed by atoms with Crippen molar-refractivity contribution in [1.82, 2.24) is 10.3 Å². The highest BCUT2D eigenvalue weighted by Crippen LogP contribution is 2.14. The monoisotopic (exact) mass is 218 g/mol. The van der Waals surface area contributed by atoms with E-state index in [1.165, 1.54) is 6.39 Å². The van der Waals surface area contributed by atoms with Gasteiger partial charge in [-0.2, -0.15) is 0 Å². The van der Waals surface area contributed by atoms with Crippen LogP contribution in [0, 0.1) is 0 Å². The summed E-state index contributed by atoms with van der Waals surface area (Å²) < 4.78 is 5.15. The molecule has 0 radical (unpaired) electrons. The Balaban J connectivity index is 1.98. The quantitative estimate of drug-likeness (QED) is 0.605. The van der Waals surface area contributed by atoms with Gasteiger partial charge in [-0.15, -0.1) is 0 Å². The van der Waals surface area contributed by atoms with Crippen LogP contribution in [0.25, 0.3) is 11.1 Å². The second kappa shape index (κ2) is 4.57. The standard InChI is InChI=1S/C11H10N2O3/c14-6-11(15)12-4-3-8-1-2-9-10(5-8)16-7-13-9/h1-2,5-7H,3-4H2,(H,12,15). The van der Waals surface area contributed by atoms with Gasteiger partial charge in [-0.25, -0.2) is 4.98 Å². The summed E-state index contributed by atoms with van der Waals surface area (Å²) in [5.74, 6) is -0.597. The van der Waals surface area contributed by atoms with E-state index in [1.54, 1.807) is 0 Å². The van der Waals surface area contributed by atoms with Crippen LogP contribution in [0.1, 0.15) is 5.56 Å². The maximum Gasteiger partial charge on any atom is 0.284 e. The number of nitrogens with one attached hydrogen (secondary N) is 1. The predicted octanol–water partition coefficient (Wildman–Crippen LogP) is 0.685. The Morgan fingerprint density at radius 1 is 1.50 bits per heavy atom. The molecule has 2 aromatic rings. The highest BCUT2D eigenvalue weighted by atomic mass is 16.3. The van der Waals surface area contributed by atoms with E-state index in [2.05, 4.69) is 10.3 Å². The fourth-order valence-corrected chi connectivity index (χ4v) is 1.43. The molecule has 1 N–H and O–H groups in total. The molecule has 1 heterocycles. The van der Waals surface area contributed by atoms with Gasteiger partial charge in [-0.05, 0) is 24.1 Å². The minimum Gasteiger partial charge on any atom is -0.443 e. The fraction of sp³-hybridized carbons (Fsp3) is 0.182. The molecule has 0 unspecified atom stereocenters. The summed E-state index contributed by atoms with van der Waals surface area (Å²) in [4.78, 5) is 24.7. The van der Waals surface area contributed by atoms with Crippen molar-refractivity contribution in [3.8, 4) is 0 Å². The summed E-state index contributed by atoms with van der Waals surface area (Å²) in [5.41, 5.74) is 2.55. The normalized spacial score (nSPS) is 10.2. The maximum atomic E-state index is 10.7. The Labute approximate surface area is 91.5 Å². The lowest BCUT2D eigenvalue weighted by Crippen LogP contribution is -2.26. The average molecular weight is 218 g/mol. The van der Waals surface area contributed by atoms with Crippen molar-refractivity contribution >= 4 is 23.3 Å². The van der Waals surface area contributed by atoms with Gasteiger partial charge in [0.25, 0.3) is 5.91 Å². The minimum absolute atomic E-state index is 0.264. The smallest absolute Gasteiger partial charge is 0.284 e. The molecular formula is C11H10N2O3. The molecule has 0 bridgehead atoms. The maximum absolute atomic E-state index is 10.7. The summed E-state index contributed by atoms with van der Waals surface area (Å²) in [5, 5.41) is 2.47. The molecule has 0 saturated heterocycles. The minimum atomic E-state index is -0.597. The summed E-state index contributed by atoms with van der Waals surface area (Å²) in [6.45, 7) is 0.428. The molecule has 1 amide bonds. The van der Waals surface area contributed by atoms with Gasteiger partial charge in [-0.1, -0.05) is 6.07 Å². The topological polar surface area (TPSA) is 72.2 Å². The van der Waals surface area contributed by atoms with Crippen LogP contribution in [0.3, 0.4) is 0 Å². The lowest BCUT2D eigenvalue weighted by Gasteiger charge is -2.01. The van der Waals surface area contributed by atoms with E-state index in [-0.39, 0.29) is 6.29 Å². The number of hydrogen-bond donors (Lipinski definition) is 1. The SMILES string of the molecule is O=CC(=O)NCCc1ccc2ncoc2c1. The number of amides is 1. The molecule has 16 heavy (non-hydrogen) atoms. The van der Waals surface area contributed by atoms with Crippen LogP contribution < -0.4 is 5.32 Å². The van der Waals surface area contributed by atoms with Crippen molar-refractivity contribution in [2.75, 3.05) is 6.54 Å². The molecule has 0 atom stereocenters. The second-order valence-corrected chi connectivity index (χ2v) is 3.31. The molecule has 0 aliphatic heterocycles. The number of fused-ring (bicyclic) bond motifs is 1. The number of carbonyl (C=O) groups excluding carboxylic acids is 2. The Kier molecular flexibility index (Phi) is 2.95. The Hall–Kier alpha value is -2.17. The molecule has 1 aromatic carbocycles. The van der Waals surface area contributed by atoms with E-state index >= 15 is 0 Å². The summed E-state index contributed by atoms with van der Waals surface area (Å²) in [7, 11) is 0. The van der Waals surface area contributed by atoms with Gasteiger partial charge in [0.1, 0.15) is 5.52 Å². The third-order valence-corrected chi connectivity index (χ3v) is 2.22. The van der Waals surface area contributed by atoms with Crippen LogP contribution in [0.2, 0.25) is 0 Å². The third kappa shape index (κ3) is 2.25. The molecule has 5 heteroatoms. The lowest BCUT2D eigenvalue weighted by molar-refractivity contribution is -0.131. The lowest BCUT2D eigenvalue weighted by atomic mass is 10.1. The fourth-order valence-electron chi connectivity index (χ4n) is 1.43. The van der Waals surface area contributed by atoms with Crippen molar-refractivity contribution in [1.29, 1.82) is 0 Å². The van der Waals surface area contributed by atoms with Gasteiger partial charge in [-0.3, -0.25) is 9.59 Å².